The van der Waals surface area contributed by atoms with Gasteiger partial charge in [-0.25, -0.2) is 0 Å². The highest BCUT2D eigenvalue weighted by Gasteiger charge is 2.28. The fourth-order valence-electron chi connectivity index (χ4n) is 19.8. The van der Waals surface area contributed by atoms with Gasteiger partial charge in [-0.1, -0.05) is 315 Å². The second-order valence-corrected chi connectivity index (χ2v) is 33.7. The molecule has 0 amide bonds. The number of hydrogen-bond donors (Lipinski definition) is 0. The van der Waals surface area contributed by atoms with E-state index in [1.54, 1.807) is 0 Å². The van der Waals surface area contributed by atoms with E-state index in [0.29, 0.717) is 0 Å². The zero-order valence-electron chi connectivity index (χ0n) is 72.9. The van der Waals surface area contributed by atoms with Gasteiger partial charge >= 0.3 is 0 Å². The lowest BCUT2D eigenvalue weighted by atomic mass is 9.91. The van der Waals surface area contributed by atoms with Crippen LogP contribution in [0.2, 0.25) is 0 Å². The van der Waals surface area contributed by atoms with Crippen molar-refractivity contribution in [3.63, 3.8) is 0 Å². The summed E-state index contributed by atoms with van der Waals surface area (Å²) in [6, 6.07) is 175. The molecule has 0 bridgehead atoms. The van der Waals surface area contributed by atoms with E-state index in [0.717, 1.165) is 56.9 Å². The molecular weight excluding hydrogens is 1570 g/mol. The minimum absolute atomic E-state index is 1.14. The Morgan fingerprint density at radius 3 is 0.500 bits per heavy atom. The number of hydrogen-bond acceptors (Lipinski definition) is 6. The van der Waals surface area contributed by atoms with Crippen molar-refractivity contribution in [3.05, 3.63) is 508 Å². The summed E-state index contributed by atoms with van der Waals surface area (Å²) < 4.78 is 0. The molecule has 0 atom stereocenters. The summed E-state index contributed by atoms with van der Waals surface area (Å²) in [4.78, 5) is 14.3. The first kappa shape index (κ1) is 79.1. The number of benzene rings is 24. The van der Waals surface area contributed by atoms with E-state index in [1.165, 1.54) is 165 Å². The van der Waals surface area contributed by atoms with Crippen molar-refractivity contribution in [2.45, 2.75) is 27.7 Å². The van der Waals surface area contributed by atoms with Crippen LogP contribution in [-0.4, -0.2) is 0 Å². The molecule has 130 heavy (non-hydrogen) atoms. The van der Waals surface area contributed by atoms with Gasteiger partial charge in [-0.15, -0.1) is 0 Å². The third-order valence-corrected chi connectivity index (χ3v) is 25.6. The van der Waals surface area contributed by atoms with Gasteiger partial charge in [0.1, 0.15) is 0 Å². The molecule has 618 valence electrons. The molecule has 0 aliphatic carbocycles. The number of para-hydroxylation sites is 10. The van der Waals surface area contributed by atoms with E-state index in [4.69, 9.17) is 0 Å². The average molecular weight is 1670 g/mol. The van der Waals surface area contributed by atoms with Crippen molar-refractivity contribution < 1.29 is 0 Å². The molecule has 0 fully saturated rings. The first-order valence-corrected chi connectivity index (χ1v) is 44.8. The van der Waals surface area contributed by atoms with Crippen molar-refractivity contribution in [1.82, 2.24) is 0 Å². The Hall–Kier alpha value is -16.8. The Kier molecular flexibility index (Phi) is 20.9. The van der Waals surface area contributed by atoms with E-state index < -0.39 is 0 Å². The molecule has 24 rings (SSSR count). The highest BCUT2D eigenvalue weighted by molar-refractivity contribution is 6.31. The molecule has 0 aliphatic rings. The van der Waals surface area contributed by atoms with Gasteiger partial charge in [0.15, 0.2) is 0 Å². The quantitative estimate of drug-likeness (QED) is 0.0792. The van der Waals surface area contributed by atoms with Crippen LogP contribution in [0.15, 0.2) is 485 Å². The molecule has 0 spiro atoms. The maximum atomic E-state index is 2.41. The number of nitrogens with zero attached hydrogens (tertiary/aromatic N) is 6. The van der Waals surface area contributed by atoms with Gasteiger partial charge in [0.25, 0.3) is 0 Å². The van der Waals surface area contributed by atoms with Gasteiger partial charge in [0, 0.05) is 101 Å². The van der Waals surface area contributed by atoms with Gasteiger partial charge in [0.2, 0.25) is 0 Å². The Labute approximate surface area is 758 Å². The summed E-state index contributed by atoms with van der Waals surface area (Å²) in [6.07, 6.45) is 0. The predicted molar refractivity (Wildman–Crippen MR) is 557 cm³/mol. The third kappa shape index (κ3) is 14.5. The van der Waals surface area contributed by atoms with Crippen molar-refractivity contribution in [2.75, 3.05) is 29.4 Å². The van der Waals surface area contributed by atoms with Gasteiger partial charge in [-0.2, -0.15) is 0 Å². The van der Waals surface area contributed by atoms with Gasteiger partial charge in [-0.3, -0.25) is 0 Å². The number of rotatable bonds is 18. The van der Waals surface area contributed by atoms with Crippen molar-refractivity contribution in [3.8, 4) is 0 Å². The zero-order chi connectivity index (χ0) is 87.1. The summed E-state index contributed by atoms with van der Waals surface area (Å²) in [7, 11) is 0. The molecule has 24 aromatic carbocycles. The maximum absolute atomic E-state index is 2.41. The van der Waals surface area contributed by atoms with Crippen LogP contribution in [-0.2, 0) is 0 Å². The lowest BCUT2D eigenvalue weighted by Gasteiger charge is -2.30. The number of aryl methyl sites for hydroxylation is 4. The summed E-state index contributed by atoms with van der Waals surface area (Å²) >= 11 is 0. The lowest BCUT2D eigenvalue weighted by molar-refractivity contribution is 1.26. The number of anilines is 18. The molecule has 0 heterocycles. The van der Waals surface area contributed by atoms with E-state index in [9.17, 15) is 0 Å². The molecule has 6 heteroatoms. The fraction of sp³-hybridized carbons (Fsp3) is 0.0323. The first-order valence-electron chi connectivity index (χ1n) is 44.8. The summed E-state index contributed by atoms with van der Waals surface area (Å²) in [5, 5.41) is 22.7. The van der Waals surface area contributed by atoms with Crippen molar-refractivity contribution in [1.29, 1.82) is 0 Å². The van der Waals surface area contributed by atoms with Crippen LogP contribution >= 0.6 is 0 Å². The Morgan fingerprint density at radius 1 is 0.123 bits per heavy atom. The second-order valence-electron chi connectivity index (χ2n) is 33.7. The molecule has 0 aromatic heterocycles. The topological polar surface area (TPSA) is 19.4 Å². The van der Waals surface area contributed by atoms with Crippen LogP contribution in [0.5, 0.6) is 0 Å². The van der Waals surface area contributed by atoms with Gasteiger partial charge in [-0.05, 0) is 284 Å². The normalized spacial score (nSPS) is 11.4. The summed E-state index contributed by atoms with van der Waals surface area (Å²) in [5.41, 5.74) is 25.8. The van der Waals surface area contributed by atoms with Crippen LogP contribution in [0.1, 0.15) is 22.3 Å². The monoisotopic (exact) mass is 1660 g/mol. The Bertz CT molecular complexity index is 7600. The Balaban J connectivity index is 0.000000114. The van der Waals surface area contributed by atoms with Gasteiger partial charge < -0.3 is 29.4 Å². The summed E-state index contributed by atoms with van der Waals surface area (Å²) in [5.74, 6) is 0. The smallest absolute Gasteiger partial charge is 0.0540 e. The zero-order valence-corrected chi connectivity index (χ0v) is 72.9. The standard InChI is InChI=1S/2C42H32N2.C40H28N2/c1-29-13-9-11-19-37(29)43(33-15-5-3-6-16-33)39-27-23-31-22-26-36-40(28-24-32-21-25-35(39)41(31)42(32)36)44(34-17-7-4-8-18-34)38-20-12-10-14-30(38)2;1-29-11-9-17-35(27-29)43(33-13-5-3-6-14-33)39-25-21-31-20-24-38-40(26-22-32-19-23-37(39)41(31)42(32)38)44(34-15-7-4-8-16-34)36-18-10-12-30(2)28-36;1-5-13-31(14-6-1)41(32-15-7-2-8-16-32)37-27-23-29-22-26-36-38(28-24-30-21-25-35(37)39(29)40(30)36)42(33-17-9-3-10-18-33)34-19-11-4-12-20-34/h2*3-28H,1-2H3;1-28H. The molecule has 0 saturated carbocycles. The average Bonchev–Trinajstić information content (AvgIpc) is 0.724. The second kappa shape index (κ2) is 34.3. The molecule has 0 radical (unpaired) electrons. The largest absolute Gasteiger partial charge is 0.310 e. The summed E-state index contributed by atoms with van der Waals surface area (Å²) in [6.45, 7) is 8.70. The van der Waals surface area contributed by atoms with Crippen LogP contribution in [0, 0.1) is 27.7 Å². The van der Waals surface area contributed by atoms with Crippen LogP contribution in [0.4, 0.5) is 102 Å². The van der Waals surface area contributed by atoms with Crippen LogP contribution < -0.4 is 29.4 Å². The van der Waals surface area contributed by atoms with E-state index in [1.807, 2.05) is 0 Å². The fourth-order valence-corrected chi connectivity index (χ4v) is 19.8. The molecule has 24 aromatic rings. The first-order chi connectivity index (χ1) is 64.2. The predicted octanol–water partition coefficient (Wildman–Crippen LogP) is 35.8. The minimum atomic E-state index is 1.14. The van der Waals surface area contributed by atoms with Gasteiger partial charge in [0.05, 0.1) is 34.1 Å². The minimum Gasteiger partial charge on any atom is -0.310 e. The van der Waals surface area contributed by atoms with Crippen molar-refractivity contribution in [2.24, 2.45) is 0 Å². The molecule has 0 N–H and O–H groups in total. The molecule has 0 aliphatic heterocycles. The van der Waals surface area contributed by atoms with E-state index >= 15 is 0 Å². The third-order valence-electron chi connectivity index (χ3n) is 25.6. The lowest BCUT2D eigenvalue weighted by Crippen LogP contribution is -2.12. The SMILES string of the molecule is Cc1cccc(N(c2ccccc2)c2ccc3ccc4c(N(c5ccccc5)c5cccc(C)c5)ccc5ccc2c3c54)c1.Cc1ccccc1N(c1ccccc1)c1ccc2ccc3c(N(c4ccccc4)c4ccccc4C)ccc4ccc1c2c43.c1ccc(N(c2ccccc2)c2ccc3ccc4c(N(c5ccccc5)c5ccccc5)ccc5ccc2c3c54)cc1. The van der Waals surface area contributed by atoms with E-state index in [2.05, 4.69) is 542 Å². The van der Waals surface area contributed by atoms with Crippen molar-refractivity contribution >= 4 is 199 Å². The molecule has 0 unspecified atom stereocenters. The molecule has 0 saturated heterocycles. The molecule has 6 nitrogen and oxygen atoms in total. The van der Waals surface area contributed by atoms with Crippen LogP contribution in [0.3, 0.4) is 0 Å². The van der Waals surface area contributed by atoms with Crippen LogP contribution in [0.25, 0.3) is 97.0 Å². The Morgan fingerprint density at radius 2 is 0.292 bits per heavy atom. The highest BCUT2D eigenvalue weighted by atomic mass is 15.2. The maximum Gasteiger partial charge on any atom is 0.0540 e. The van der Waals surface area contributed by atoms with E-state index in [-0.39, 0.29) is 0 Å². The molecular formula is C124H92N6. The highest BCUT2D eigenvalue weighted by Crippen LogP contribution is 2.53.